The molecule has 0 aliphatic carbocycles. The van der Waals surface area contributed by atoms with E-state index in [-0.39, 0.29) is 5.91 Å². The van der Waals surface area contributed by atoms with Crippen molar-refractivity contribution >= 4 is 5.91 Å². The average molecular weight is 255 g/mol. The molecule has 18 heavy (non-hydrogen) atoms. The van der Waals surface area contributed by atoms with Crippen molar-refractivity contribution in [2.24, 2.45) is 5.92 Å². The Morgan fingerprint density at radius 2 is 1.83 bits per heavy atom. The number of amides is 1. The fourth-order valence-corrected chi connectivity index (χ4v) is 2.45. The molecule has 4 nitrogen and oxygen atoms in total. The molecule has 0 aromatic carbocycles. The molecular weight excluding hydrogens is 226 g/mol. The molecule has 1 unspecified atom stereocenters. The zero-order chi connectivity index (χ0) is 13.5. The van der Waals surface area contributed by atoms with E-state index in [2.05, 4.69) is 36.0 Å². The Bertz CT molecular complexity index is 247. The molecule has 1 aliphatic rings. The Labute approximate surface area is 112 Å². The largest absolute Gasteiger partial charge is 0.355 e. The van der Waals surface area contributed by atoms with E-state index in [1.165, 1.54) is 0 Å². The lowest BCUT2D eigenvalue weighted by atomic mass is 10.0. The van der Waals surface area contributed by atoms with Crippen LogP contribution in [0.1, 0.15) is 33.6 Å². The summed E-state index contributed by atoms with van der Waals surface area (Å²) < 4.78 is 0. The molecule has 1 fully saturated rings. The van der Waals surface area contributed by atoms with Gasteiger partial charge in [0.05, 0.1) is 0 Å². The number of carbonyl (C=O) groups is 1. The van der Waals surface area contributed by atoms with Crippen LogP contribution in [-0.4, -0.2) is 61.5 Å². The SMILES string of the molecule is CCC(=O)NCC(CC(C)C)N1CCN(C)CC1. The maximum atomic E-state index is 11.4. The monoisotopic (exact) mass is 255 g/mol. The van der Waals surface area contributed by atoms with Crippen LogP contribution in [0.5, 0.6) is 0 Å². The molecule has 0 spiro atoms. The summed E-state index contributed by atoms with van der Waals surface area (Å²) in [7, 11) is 2.17. The third kappa shape index (κ3) is 5.36. The molecule has 0 saturated carbocycles. The Balaban J connectivity index is 2.46. The van der Waals surface area contributed by atoms with Crippen LogP contribution in [0.2, 0.25) is 0 Å². The van der Waals surface area contributed by atoms with E-state index in [0.29, 0.717) is 18.4 Å². The number of likely N-dealkylation sites (N-methyl/N-ethyl adjacent to an activating group) is 1. The number of rotatable bonds is 6. The number of nitrogens with one attached hydrogen (secondary N) is 1. The predicted molar refractivity (Wildman–Crippen MR) is 75.6 cm³/mol. The number of nitrogens with zero attached hydrogens (tertiary/aromatic N) is 2. The second-order valence-corrected chi connectivity index (χ2v) is 5.78. The third-order valence-corrected chi connectivity index (χ3v) is 3.65. The topological polar surface area (TPSA) is 35.6 Å². The fraction of sp³-hybridized carbons (Fsp3) is 0.929. The summed E-state index contributed by atoms with van der Waals surface area (Å²) in [5.41, 5.74) is 0. The Kier molecular flexibility index (Phi) is 6.65. The summed E-state index contributed by atoms with van der Waals surface area (Å²) in [6.07, 6.45) is 1.74. The van der Waals surface area contributed by atoms with Crippen molar-refractivity contribution in [3.05, 3.63) is 0 Å². The smallest absolute Gasteiger partial charge is 0.219 e. The Morgan fingerprint density at radius 3 is 2.33 bits per heavy atom. The highest BCUT2D eigenvalue weighted by Gasteiger charge is 2.23. The predicted octanol–water partition coefficient (Wildman–Crippen LogP) is 1.17. The Hall–Kier alpha value is -0.610. The van der Waals surface area contributed by atoms with Gasteiger partial charge in [0, 0.05) is 45.2 Å². The molecular formula is C14H29N3O. The van der Waals surface area contributed by atoms with E-state index in [1.807, 2.05) is 6.92 Å². The summed E-state index contributed by atoms with van der Waals surface area (Å²) in [4.78, 5) is 16.3. The van der Waals surface area contributed by atoms with Crippen LogP contribution in [0.4, 0.5) is 0 Å². The maximum absolute atomic E-state index is 11.4. The minimum Gasteiger partial charge on any atom is -0.355 e. The second kappa shape index (κ2) is 7.74. The molecule has 4 heteroatoms. The minimum atomic E-state index is 0.165. The van der Waals surface area contributed by atoms with E-state index in [4.69, 9.17) is 0 Å². The van der Waals surface area contributed by atoms with Gasteiger partial charge in [0.25, 0.3) is 0 Å². The van der Waals surface area contributed by atoms with Crippen molar-refractivity contribution in [3.63, 3.8) is 0 Å². The first-order valence-corrected chi connectivity index (χ1v) is 7.22. The van der Waals surface area contributed by atoms with Gasteiger partial charge in [0.1, 0.15) is 0 Å². The maximum Gasteiger partial charge on any atom is 0.219 e. The van der Waals surface area contributed by atoms with Gasteiger partial charge in [-0.1, -0.05) is 20.8 Å². The van der Waals surface area contributed by atoms with Crippen molar-refractivity contribution in [2.75, 3.05) is 39.8 Å². The van der Waals surface area contributed by atoms with Gasteiger partial charge in [0.2, 0.25) is 5.91 Å². The quantitative estimate of drug-likeness (QED) is 0.774. The standard InChI is InChI=1S/C14H29N3O/c1-5-14(18)15-11-13(10-12(2)3)17-8-6-16(4)7-9-17/h12-13H,5-11H2,1-4H3,(H,15,18). The summed E-state index contributed by atoms with van der Waals surface area (Å²) in [5, 5.41) is 3.05. The zero-order valence-corrected chi connectivity index (χ0v) is 12.4. The second-order valence-electron chi connectivity index (χ2n) is 5.78. The molecule has 1 heterocycles. The molecule has 0 bridgehead atoms. The van der Waals surface area contributed by atoms with Gasteiger partial charge in [0.15, 0.2) is 0 Å². The van der Waals surface area contributed by atoms with Gasteiger partial charge in [-0.3, -0.25) is 9.69 Å². The number of carbonyl (C=O) groups excluding carboxylic acids is 1. The molecule has 1 atom stereocenters. The summed E-state index contributed by atoms with van der Waals surface area (Å²) in [6, 6.07) is 0.495. The van der Waals surface area contributed by atoms with E-state index < -0.39 is 0 Å². The van der Waals surface area contributed by atoms with Crippen LogP contribution >= 0.6 is 0 Å². The fourth-order valence-electron chi connectivity index (χ4n) is 2.45. The van der Waals surface area contributed by atoms with E-state index in [9.17, 15) is 4.79 Å². The molecule has 1 N–H and O–H groups in total. The lowest BCUT2D eigenvalue weighted by Gasteiger charge is -2.38. The third-order valence-electron chi connectivity index (χ3n) is 3.65. The first-order valence-electron chi connectivity index (χ1n) is 7.22. The van der Waals surface area contributed by atoms with Crippen molar-refractivity contribution in [1.82, 2.24) is 15.1 Å². The normalized spacial score (nSPS) is 20.1. The molecule has 1 amide bonds. The van der Waals surface area contributed by atoms with Crippen LogP contribution in [0, 0.1) is 5.92 Å². The number of piperazine rings is 1. The van der Waals surface area contributed by atoms with E-state index >= 15 is 0 Å². The highest BCUT2D eigenvalue weighted by atomic mass is 16.1. The molecule has 0 radical (unpaired) electrons. The van der Waals surface area contributed by atoms with Crippen LogP contribution in [0.25, 0.3) is 0 Å². The summed E-state index contributed by atoms with van der Waals surface area (Å²) >= 11 is 0. The summed E-state index contributed by atoms with van der Waals surface area (Å²) in [6.45, 7) is 11.7. The first-order chi connectivity index (χ1) is 8.52. The van der Waals surface area contributed by atoms with Crippen LogP contribution in [0.15, 0.2) is 0 Å². The molecule has 1 rings (SSSR count). The molecule has 0 aromatic heterocycles. The van der Waals surface area contributed by atoms with Crippen molar-refractivity contribution < 1.29 is 4.79 Å². The van der Waals surface area contributed by atoms with Crippen LogP contribution in [0.3, 0.4) is 0 Å². The zero-order valence-electron chi connectivity index (χ0n) is 12.4. The van der Waals surface area contributed by atoms with Crippen molar-refractivity contribution in [3.8, 4) is 0 Å². The molecule has 0 aromatic rings. The van der Waals surface area contributed by atoms with Crippen LogP contribution < -0.4 is 5.32 Å². The molecule has 1 saturated heterocycles. The van der Waals surface area contributed by atoms with Crippen molar-refractivity contribution in [1.29, 1.82) is 0 Å². The highest BCUT2D eigenvalue weighted by Crippen LogP contribution is 2.13. The van der Waals surface area contributed by atoms with Crippen LogP contribution in [-0.2, 0) is 4.79 Å². The van der Waals surface area contributed by atoms with E-state index in [0.717, 1.165) is 39.1 Å². The first kappa shape index (κ1) is 15.4. The lowest BCUT2D eigenvalue weighted by molar-refractivity contribution is -0.121. The van der Waals surface area contributed by atoms with Crippen molar-refractivity contribution in [2.45, 2.75) is 39.7 Å². The highest BCUT2D eigenvalue weighted by molar-refractivity contribution is 5.75. The van der Waals surface area contributed by atoms with Gasteiger partial charge in [-0.2, -0.15) is 0 Å². The van der Waals surface area contributed by atoms with E-state index in [1.54, 1.807) is 0 Å². The van der Waals surface area contributed by atoms with Gasteiger partial charge in [-0.25, -0.2) is 0 Å². The van der Waals surface area contributed by atoms with Gasteiger partial charge < -0.3 is 10.2 Å². The van der Waals surface area contributed by atoms with Gasteiger partial charge in [-0.15, -0.1) is 0 Å². The summed E-state index contributed by atoms with van der Waals surface area (Å²) in [5.74, 6) is 0.839. The Morgan fingerprint density at radius 1 is 1.22 bits per heavy atom. The minimum absolute atomic E-state index is 0.165. The molecule has 106 valence electrons. The number of hydrogen-bond acceptors (Lipinski definition) is 3. The molecule has 1 aliphatic heterocycles. The van der Waals surface area contributed by atoms with Gasteiger partial charge in [-0.05, 0) is 19.4 Å². The average Bonchev–Trinajstić information content (AvgIpc) is 2.34. The number of hydrogen-bond donors (Lipinski definition) is 1. The van der Waals surface area contributed by atoms with Gasteiger partial charge >= 0.3 is 0 Å². The lowest BCUT2D eigenvalue weighted by Crippen LogP contribution is -2.52.